The first-order valence-corrected chi connectivity index (χ1v) is 8.48. The molecule has 1 aliphatic heterocycles. The fourth-order valence-electron chi connectivity index (χ4n) is 2.48. The number of likely N-dealkylation sites (tertiary alicyclic amines) is 1. The Labute approximate surface area is 139 Å². The number of nitriles is 1. The van der Waals surface area contributed by atoms with Gasteiger partial charge in [0.05, 0.1) is 17.2 Å². The van der Waals surface area contributed by atoms with E-state index in [4.69, 9.17) is 16.3 Å². The summed E-state index contributed by atoms with van der Waals surface area (Å²) in [5.74, 6) is 0. The minimum atomic E-state index is -0.502. The zero-order valence-electron chi connectivity index (χ0n) is 13.1. The fourth-order valence-corrected chi connectivity index (χ4v) is 3.26. The smallest absolute Gasteiger partial charge is 0.410 e. The average Bonchev–Trinajstić information content (AvgIpc) is 2.82. The van der Waals surface area contributed by atoms with Crippen LogP contribution in [0.25, 0.3) is 0 Å². The summed E-state index contributed by atoms with van der Waals surface area (Å²) in [5, 5.41) is 11.5. The summed E-state index contributed by atoms with van der Waals surface area (Å²) in [6.45, 7) is 6.60. The van der Waals surface area contributed by atoms with Crippen LogP contribution in [0.15, 0.2) is 5.38 Å². The van der Waals surface area contributed by atoms with Crippen LogP contribution in [0, 0.1) is 16.7 Å². The monoisotopic (exact) mass is 341 g/mol. The van der Waals surface area contributed by atoms with Crippen LogP contribution in [-0.4, -0.2) is 34.7 Å². The highest BCUT2D eigenvalue weighted by atomic mass is 35.5. The van der Waals surface area contributed by atoms with Crippen LogP contribution in [0.5, 0.6) is 0 Å². The molecule has 0 radical (unpaired) electrons. The van der Waals surface area contributed by atoms with E-state index in [1.165, 1.54) is 11.3 Å². The number of hydrogen-bond donors (Lipinski definition) is 0. The van der Waals surface area contributed by atoms with Gasteiger partial charge in [-0.05, 0) is 33.6 Å². The summed E-state index contributed by atoms with van der Waals surface area (Å²) in [7, 11) is 0. The number of carbonyl (C=O) groups excluding carboxylic acids is 1. The molecule has 120 valence electrons. The Morgan fingerprint density at radius 3 is 2.64 bits per heavy atom. The maximum Gasteiger partial charge on any atom is 0.410 e. The normalized spacial score (nSPS) is 17.9. The van der Waals surface area contributed by atoms with Gasteiger partial charge in [-0.15, -0.1) is 11.3 Å². The lowest BCUT2D eigenvalue weighted by Gasteiger charge is -2.37. The van der Waals surface area contributed by atoms with Gasteiger partial charge in [0, 0.05) is 24.9 Å². The Kier molecular flexibility index (Phi) is 4.98. The third kappa shape index (κ3) is 4.34. The quantitative estimate of drug-likeness (QED) is 0.818. The Morgan fingerprint density at radius 2 is 2.18 bits per heavy atom. The maximum atomic E-state index is 12.1. The van der Waals surface area contributed by atoms with Crippen LogP contribution < -0.4 is 0 Å². The van der Waals surface area contributed by atoms with E-state index in [1.807, 2.05) is 26.2 Å². The highest BCUT2D eigenvalue weighted by Gasteiger charge is 2.38. The first-order valence-electron chi connectivity index (χ1n) is 7.22. The van der Waals surface area contributed by atoms with Crippen molar-refractivity contribution in [2.45, 2.75) is 45.6 Å². The van der Waals surface area contributed by atoms with Crippen molar-refractivity contribution in [2.24, 2.45) is 5.41 Å². The van der Waals surface area contributed by atoms with Gasteiger partial charge in [-0.2, -0.15) is 5.26 Å². The standard InChI is InChI=1S/C15H20ClN3O2S/c1-14(2,3)21-13(20)19-6-4-15(10-17,5-7-19)8-11-9-22-12(16)18-11/h9H,4-8H2,1-3H3. The van der Waals surface area contributed by atoms with Gasteiger partial charge in [0.25, 0.3) is 0 Å². The second-order valence-corrected chi connectivity index (χ2v) is 8.07. The second-order valence-electron chi connectivity index (χ2n) is 6.63. The van der Waals surface area contributed by atoms with Gasteiger partial charge < -0.3 is 9.64 Å². The van der Waals surface area contributed by atoms with E-state index in [-0.39, 0.29) is 6.09 Å². The fraction of sp³-hybridized carbons (Fsp3) is 0.667. The molecule has 1 aliphatic rings. The van der Waals surface area contributed by atoms with Gasteiger partial charge in [-0.25, -0.2) is 9.78 Å². The van der Waals surface area contributed by atoms with Gasteiger partial charge in [-0.1, -0.05) is 11.6 Å². The lowest BCUT2D eigenvalue weighted by atomic mass is 9.76. The van der Waals surface area contributed by atoms with E-state index in [9.17, 15) is 10.1 Å². The molecule has 1 amide bonds. The largest absolute Gasteiger partial charge is 0.444 e. The Hall–Kier alpha value is -1.32. The van der Waals surface area contributed by atoms with E-state index in [1.54, 1.807) is 4.90 Å². The minimum Gasteiger partial charge on any atom is -0.444 e. The summed E-state index contributed by atoms with van der Waals surface area (Å²) in [6.07, 6.45) is 1.51. The topological polar surface area (TPSA) is 66.2 Å². The molecule has 1 fully saturated rings. The molecule has 2 heterocycles. The van der Waals surface area contributed by atoms with Gasteiger partial charge >= 0.3 is 6.09 Å². The summed E-state index contributed by atoms with van der Waals surface area (Å²) in [6, 6.07) is 2.43. The molecule has 2 rings (SSSR count). The molecule has 0 unspecified atom stereocenters. The van der Waals surface area contributed by atoms with E-state index in [0.717, 1.165) is 5.69 Å². The number of rotatable bonds is 2. The van der Waals surface area contributed by atoms with Gasteiger partial charge in [0.15, 0.2) is 4.47 Å². The van der Waals surface area contributed by atoms with E-state index in [0.29, 0.717) is 36.8 Å². The Morgan fingerprint density at radius 1 is 1.55 bits per heavy atom. The first-order chi connectivity index (χ1) is 10.2. The van der Waals surface area contributed by atoms with Crippen LogP contribution >= 0.6 is 22.9 Å². The number of halogens is 1. The van der Waals surface area contributed by atoms with Gasteiger partial charge in [0.1, 0.15) is 5.60 Å². The van der Waals surface area contributed by atoms with Crippen LogP contribution in [0.2, 0.25) is 4.47 Å². The van der Waals surface area contributed by atoms with E-state index >= 15 is 0 Å². The van der Waals surface area contributed by atoms with Crippen molar-refractivity contribution in [2.75, 3.05) is 13.1 Å². The summed E-state index contributed by atoms with van der Waals surface area (Å²) < 4.78 is 5.87. The van der Waals surface area contributed by atoms with E-state index in [2.05, 4.69) is 11.1 Å². The molecule has 0 atom stereocenters. The van der Waals surface area contributed by atoms with Crippen molar-refractivity contribution in [1.29, 1.82) is 5.26 Å². The minimum absolute atomic E-state index is 0.309. The molecule has 1 saturated heterocycles. The molecule has 0 saturated carbocycles. The molecule has 22 heavy (non-hydrogen) atoms. The summed E-state index contributed by atoms with van der Waals surface area (Å²) in [5.41, 5.74) is -0.129. The van der Waals surface area contributed by atoms with Crippen LogP contribution in [0.1, 0.15) is 39.3 Å². The molecular weight excluding hydrogens is 322 g/mol. The number of thiazole rings is 1. The molecule has 0 N–H and O–H groups in total. The molecule has 0 aliphatic carbocycles. The van der Waals surface area contributed by atoms with Crippen molar-refractivity contribution in [1.82, 2.24) is 9.88 Å². The van der Waals surface area contributed by atoms with Crippen molar-refractivity contribution < 1.29 is 9.53 Å². The van der Waals surface area contributed by atoms with Crippen molar-refractivity contribution in [3.05, 3.63) is 15.5 Å². The number of hydrogen-bond acceptors (Lipinski definition) is 5. The summed E-state index contributed by atoms with van der Waals surface area (Å²) >= 11 is 7.22. The number of aromatic nitrogens is 1. The summed E-state index contributed by atoms with van der Waals surface area (Å²) in [4.78, 5) is 18.0. The third-order valence-corrected chi connectivity index (χ3v) is 4.68. The lowest BCUT2D eigenvalue weighted by Crippen LogP contribution is -2.45. The third-order valence-electron chi connectivity index (χ3n) is 3.65. The molecule has 1 aromatic rings. The number of carbonyl (C=O) groups is 1. The van der Waals surface area contributed by atoms with Gasteiger partial charge in [0.2, 0.25) is 0 Å². The van der Waals surface area contributed by atoms with E-state index < -0.39 is 11.0 Å². The number of ether oxygens (including phenoxy) is 1. The molecule has 1 aromatic heterocycles. The number of piperidine rings is 1. The van der Waals surface area contributed by atoms with Crippen LogP contribution in [-0.2, 0) is 11.2 Å². The number of amides is 1. The van der Waals surface area contributed by atoms with Crippen molar-refractivity contribution in [3.8, 4) is 6.07 Å². The second kappa shape index (κ2) is 6.43. The molecule has 0 bridgehead atoms. The zero-order valence-corrected chi connectivity index (χ0v) is 14.6. The SMILES string of the molecule is CC(C)(C)OC(=O)N1CCC(C#N)(Cc2csc(Cl)n2)CC1. The van der Waals surface area contributed by atoms with Crippen molar-refractivity contribution in [3.63, 3.8) is 0 Å². The number of nitrogens with zero attached hydrogens (tertiary/aromatic N) is 3. The highest BCUT2D eigenvalue weighted by Crippen LogP contribution is 2.35. The Balaban J connectivity index is 1.97. The first kappa shape index (κ1) is 17.0. The molecule has 7 heteroatoms. The maximum absolute atomic E-state index is 12.1. The zero-order chi connectivity index (χ0) is 16.4. The van der Waals surface area contributed by atoms with Crippen molar-refractivity contribution >= 4 is 29.0 Å². The van der Waals surface area contributed by atoms with Crippen LogP contribution in [0.3, 0.4) is 0 Å². The highest BCUT2D eigenvalue weighted by molar-refractivity contribution is 7.13. The average molecular weight is 342 g/mol. The predicted octanol–water partition coefficient (Wildman–Crippen LogP) is 3.88. The predicted molar refractivity (Wildman–Crippen MR) is 85.9 cm³/mol. The molecule has 0 spiro atoms. The molecule has 0 aromatic carbocycles. The molecule has 5 nitrogen and oxygen atoms in total. The lowest BCUT2D eigenvalue weighted by molar-refractivity contribution is 0.0148. The Bertz CT molecular complexity index is 580. The molecular formula is C15H20ClN3O2S. The van der Waals surface area contributed by atoms with Crippen LogP contribution in [0.4, 0.5) is 4.79 Å². The van der Waals surface area contributed by atoms with Gasteiger partial charge in [-0.3, -0.25) is 0 Å².